The maximum atomic E-state index is 6.99. The molecule has 4 aromatic rings. The smallest absolute Gasteiger partial charge is 0.232 e. The predicted octanol–water partition coefficient (Wildman–Crippen LogP) is 38.4. The van der Waals surface area contributed by atoms with Gasteiger partial charge in [-0.1, -0.05) is 535 Å². The Balaban J connectivity index is 1.71. The Labute approximate surface area is 768 Å². The molecule has 0 aliphatic heterocycles. The van der Waals surface area contributed by atoms with Crippen LogP contribution in [0.25, 0.3) is 11.4 Å². The van der Waals surface area contributed by atoms with Crippen LogP contribution in [0.2, 0.25) is 0 Å². The minimum absolute atomic E-state index is 0.410. The second-order valence-corrected chi connectivity index (χ2v) is 37.8. The Morgan fingerprint density at radius 2 is 0.363 bits per heavy atom. The number of nitrogens with one attached hydrogen (secondary N) is 2. The Morgan fingerprint density at radius 3 is 0.540 bits per heavy atom. The Hall–Kier alpha value is -4.93. The van der Waals surface area contributed by atoms with Crippen molar-refractivity contribution in [2.24, 2.45) is 0 Å². The highest BCUT2D eigenvalue weighted by molar-refractivity contribution is 5.70. The molecule has 124 heavy (non-hydrogen) atoms. The van der Waals surface area contributed by atoms with Crippen molar-refractivity contribution in [3.05, 3.63) is 54.1 Å². The van der Waals surface area contributed by atoms with Crippen LogP contribution in [0.4, 0.5) is 23.3 Å². The molecule has 1 aromatic heterocycles. The second kappa shape index (κ2) is 84.9. The van der Waals surface area contributed by atoms with E-state index in [0.717, 1.165) is 100 Å². The van der Waals surface area contributed by atoms with E-state index in [1.807, 2.05) is 0 Å². The number of hydrogen-bond acceptors (Lipinski definition) is 11. The standard InChI is InChI=1S/C113H201N5O6/c1-8-15-21-27-33-39-45-51-57-63-69-75-81-91-119-105-97-103(98-106(120-92-82-76-70-64-58-52-46-40-34-28-22-16-9-2)109(105)123-95-85-79-73-67-61-55-49-43-37-31-25-19-12-5)114-112-116-111(102-89-87-101(14-7)88-90-102)117-113(118-112)115-104-99-107(121-93-83-77-71-65-59-53-47-41-35-29-23-17-10-3)110(124-96-86-80-74-68-62-56-50-44-38-32-26-20-13-6)108(100-104)122-94-84-78-72-66-60-54-48-42-36-30-24-18-11-4/h87-90,97-100H,8-86,91-96H2,1-7H3,(H2,114,115,116,117,118). The summed E-state index contributed by atoms with van der Waals surface area (Å²) >= 11 is 0. The van der Waals surface area contributed by atoms with Crippen molar-refractivity contribution in [1.82, 2.24) is 15.0 Å². The van der Waals surface area contributed by atoms with Gasteiger partial charge in [0, 0.05) is 41.2 Å². The molecule has 11 heteroatoms. The molecule has 4 rings (SSSR count). The van der Waals surface area contributed by atoms with Crippen molar-refractivity contribution < 1.29 is 28.4 Å². The molecule has 0 bridgehead atoms. The number of unbranched alkanes of at least 4 members (excludes halogenated alkanes) is 72. The van der Waals surface area contributed by atoms with E-state index < -0.39 is 0 Å². The summed E-state index contributed by atoms with van der Waals surface area (Å²) in [6.07, 6.45) is 103. The molecular formula is C113H201N5O6. The van der Waals surface area contributed by atoms with Crippen molar-refractivity contribution in [3.8, 4) is 45.9 Å². The molecule has 0 saturated carbocycles. The van der Waals surface area contributed by atoms with Crippen LogP contribution in [0.3, 0.4) is 0 Å². The first-order valence-corrected chi connectivity index (χ1v) is 55.0. The summed E-state index contributed by atoms with van der Waals surface area (Å²) in [4.78, 5) is 15.8. The number of rotatable bonds is 96. The summed E-state index contributed by atoms with van der Waals surface area (Å²) in [6.45, 7) is 19.7. The maximum absolute atomic E-state index is 6.99. The van der Waals surface area contributed by atoms with E-state index in [4.69, 9.17) is 43.4 Å². The average Bonchev–Trinajstić information content (AvgIpc) is 0.774. The highest BCUT2D eigenvalue weighted by atomic mass is 16.5. The number of hydrogen-bond donors (Lipinski definition) is 2. The van der Waals surface area contributed by atoms with Gasteiger partial charge < -0.3 is 39.1 Å². The van der Waals surface area contributed by atoms with Crippen molar-refractivity contribution in [1.29, 1.82) is 0 Å². The minimum Gasteiger partial charge on any atom is -0.489 e. The number of anilines is 4. The van der Waals surface area contributed by atoms with Gasteiger partial charge in [0.05, 0.1) is 39.6 Å². The van der Waals surface area contributed by atoms with Crippen molar-refractivity contribution >= 4 is 23.3 Å². The van der Waals surface area contributed by atoms with Crippen LogP contribution in [0, 0.1) is 0 Å². The first-order chi connectivity index (χ1) is 61.5. The van der Waals surface area contributed by atoms with Crippen LogP contribution < -0.4 is 39.1 Å². The van der Waals surface area contributed by atoms with Crippen LogP contribution in [0.1, 0.15) is 555 Å². The van der Waals surface area contributed by atoms with E-state index >= 15 is 0 Å². The summed E-state index contributed by atoms with van der Waals surface area (Å²) in [5.74, 6) is 5.62. The molecule has 0 aliphatic carbocycles. The molecule has 3 aromatic carbocycles. The third-order valence-electron chi connectivity index (χ3n) is 25.8. The first kappa shape index (κ1) is 111. The molecule has 11 nitrogen and oxygen atoms in total. The van der Waals surface area contributed by atoms with Gasteiger partial charge in [0.15, 0.2) is 28.8 Å². The lowest BCUT2D eigenvalue weighted by atomic mass is 10.0. The third kappa shape index (κ3) is 62.3. The molecule has 0 spiro atoms. The highest BCUT2D eigenvalue weighted by Crippen LogP contribution is 2.44. The molecule has 0 fully saturated rings. The van der Waals surface area contributed by atoms with E-state index in [1.165, 1.54) is 429 Å². The summed E-state index contributed by atoms with van der Waals surface area (Å²) < 4.78 is 41.9. The Bertz CT molecular complexity index is 2670. The van der Waals surface area contributed by atoms with Crippen LogP contribution in [0.15, 0.2) is 48.5 Å². The molecule has 2 N–H and O–H groups in total. The van der Waals surface area contributed by atoms with E-state index in [-0.39, 0.29) is 0 Å². The van der Waals surface area contributed by atoms with E-state index in [2.05, 4.69) is 108 Å². The monoisotopic (exact) mass is 1720 g/mol. The highest BCUT2D eigenvalue weighted by Gasteiger charge is 2.22. The van der Waals surface area contributed by atoms with Gasteiger partial charge in [0.1, 0.15) is 0 Å². The maximum Gasteiger partial charge on any atom is 0.232 e. The largest absolute Gasteiger partial charge is 0.489 e. The van der Waals surface area contributed by atoms with Crippen LogP contribution >= 0.6 is 0 Å². The Kier molecular flexibility index (Phi) is 76.3. The van der Waals surface area contributed by atoms with Gasteiger partial charge in [0.2, 0.25) is 23.4 Å². The zero-order chi connectivity index (χ0) is 88.0. The van der Waals surface area contributed by atoms with Gasteiger partial charge in [0.25, 0.3) is 0 Å². The molecule has 0 radical (unpaired) electrons. The molecule has 0 aliphatic rings. The molecule has 0 unspecified atom stereocenters. The molecule has 714 valence electrons. The zero-order valence-electron chi connectivity index (χ0n) is 83.0. The van der Waals surface area contributed by atoms with Gasteiger partial charge in [-0.15, -0.1) is 0 Å². The van der Waals surface area contributed by atoms with Gasteiger partial charge in [-0.05, 0) is 50.5 Å². The van der Waals surface area contributed by atoms with Crippen molar-refractivity contribution in [2.75, 3.05) is 50.3 Å². The molecule has 1 heterocycles. The molecule has 0 atom stereocenters. The number of aryl methyl sites for hydroxylation is 1. The number of aromatic nitrogens is 3. The van der Waals surface area contributed by atoms with Gasteiger partial charge in [-0.3, -0.25) is 0 Å². The summed E-state index contributed by atoms with van der Waals surface area (Å²) in [7, 11) is 0. The third-order valence-corrected chi connectivity index (χ3v) is 25.8. The van der Waals surface area contributed by atoms with Gasteiger partial charge >= 0.3 is 0 Å². The lowest BCUT2D eigenvalue weighted by molar-refractivity contribution is 0.234. The number of nitrogens with zero attached hydrogens (tertiary/aromatic N) is 3. The fraction of sp³-hybridized carbons (Fsp3) is 0.814. The van der Waals surface area contributed by atoms with Crippen molar-refractivity contribution in [3.63, 3.8) is 0 Å². The van der Waals surface area contributed by atoms with Gasteiger partial charge in [-0.2, -0.15) is 15.0 Å². The van der Waals surface area contributed by atoms with Crippen LogP contribution in [-0.4, -0.2) is 54.6 Å². The molecule has 0 amide bonds. The van der Waals surface area contributed by atoms with E-state index in [1.54, 1.807) is 0 Å². The fourth-order valence-corrected chi connectivity index (χ4v) is 17.6. The molecule has 0 saturated heterocycles. The average molecular weight is 1730 g/mol. The van der Waals surface area contributed by atoms with E-state index in [9.17, 15) is 0 Å². The number of benzene rings is 3. The zero-order valence-corrected chi connectivity index (χ0v) is 83.0. The van der Waals surface area contributed by atoms with Crippen LogP contribution in [0.5, 0.6) is 34.5 Å². The van der Waals surface area contributed by atoms with Crippen molar-refractivity contribution in [2.45, 2.75) is 556 Å². The number of ether oxygens (including phenoxy) is 6. The minimum atomic E-state index is 0.410. The Morgan fingerprint density at radius 1 is 0.194 bits per heavy atom. The van der Waals surface area contributed by atoms with Crippen LogP contribution in [-0.2, 0) is 6.42 Å². The second-order valence-electron chi connectivity index (χ2n) is 37.8. The molecular weight excluding hydrogens is 1520 g/mol. The summed E-state index contributed by atoms with van der Waals surface area (Å²) in [5, 5.41) is 7.48. The first-order valence-electron chi connectivity index (χ1n) is 55.0. The lowest BCUT2D eigenvalue weighted by Crippen LogP contribution is -2.09. The SMILES string of the molecule is CCCCCCCCCCCCCCCOc1cc(Nc2nc(Nc3cc(OCCCCCCCCCCCCCCC)c(OCCCCCCCCCCCCCCC)c(OCCCCCCCCCCCCCCC)c3)nc(-c3ccc(CC)cc3)n2)cc(OCCCCCCCCCCCCCCC)c1OCCCCCCCCCCCCCCC. The summed E-state index contributed by atoms with van der Waals surface area (Å²) in [5.41, 5.74) is 3.72. The fourth-order valence-electron chi connectivity index (χ4n) is 17.6. The lowest BCUT2D eigenvalue weighted by Gasteiger charge is -2.20. The predicted molar refractivity (Wildman–Crippen MR) is 541 cm³/mol. The quantitative estimate of drug-likeness (QED) is 0.0412. The van der Waals surface area contributed by atoms with Gasteiger partial charge in [-0.25, -0.2) is 0 Å². The van der Waals surface area contributed by atoms with E-state index in [0.29, 0.717) is 91.9 Å². The topological polar surface area (TPSA) is 118 Å². The summed E-state index contributed by atoms with van der Waals surface area (Å²) in [6, 6.07) is 17.1. The normalized spacial score (nSPS) is 11.5.